The van der Waals surface area contributed by atoms with E-state index in [1.54, 1.807) is 0 Å². The van der Waals surface area contributed by atoms with Crippen LogP contribution in [0.1, 0.15) is 25.1 Å². The summed E-state index contributed by atoms with van der Waals surface area (Å²) in [6.45, 7) is 9.15. The molecule has 0 aliphatic rings. The fourth-order valence-electron chi connectivity index (χ4n) is 2.03. The Hall–Kier alpha value is -1.61. The molecule has 3 nitrogen and oxygen atoms in total. The molecule has 0 radical (unpaired) electrons. The van der Waals surface area contributed by atoms with Gasteiger partial charge in [0.25, 0.3) is 0 Å². The summed E-state index contributed by atoms with van der Waals surface area (Å²) in [4.78, 5) is 0. The second kappa shape index (κ2) is 5.83. The molecule has 1 N–H and O–H groups in total. The van der Waals surface area contributed by atoms with Crippen LogP contribution in [0.5, 0.6) is 0 Å². The summed E-state index contributed by atoms with van der Waals surface area (Å²) in [5.74, 6) is 0. The van der Waals surface area contributed by atoms with E-state index in [1.807, 2.05) is 4.68 Å². The minimum absolute atomic E-state index is 0.916. The Morgan fingerprint density at radius 3 is 2.44 bits per heavy atom. The van der Waals surface area contributed by atoms with Gasteiger partial charge >= 0.3 is 0 Å². The largest absolute Gasteiger partial charge is 0.313 e. The van der Waals surface area contributed by atoms with Crippen LogP contribution in [0.4, 0.5) is 0 Å². The van der Waals surface area contributed by atoms with Crippen molar-refractivity contribution in [1.82, 2.24) is 15.1 Å². The van der Waals surface area contributed by atoms with Crippen molar-refractivity contribution < 1.29 is 0 Å². The molecule has 0 unspecified atom stereocenters. The number of benzene rings is 1. The van der Waals surface area contributed by atoms with Gasteiger partial charge in [0, 0.05) is 24.8 Å². The van der Waals surface area contributed by atoms with Gasteiger partial charge in [-0.25, -0.2) is 0 Å². The molecule has 0 atom stereocenters. The van der Waals surface area contributed by atoms with Crippen molar-refractivity contribution in [3.05, 3.63) is 41.7 Å². The first-order valence-electron chi connectivity index (χ1n) is 6.58. The molecular formula is C15H21N3. The Labute approximate surface area is 109 Å². The van der Waals surface area contributed by atoms with Crippen molar-refractivity contribution >= 4 is 0 Å². The molecule has 1 aromatic heterocycles. The number of hydrogen-bond acceptors (Lipinski definition) is 2. The summed E-state index contributed by atoms with van der Waals surface area (Å²) in [6, 6.07) is 8.72. The van der Waals surface area contributed by atoms with E-state index < -0.39 is 0 Å². The van der Waals surface area contributed by atoms with Crippen LogP contribution in [-0.2, 0) is 13.1 Å². The molecule has 1 aromatic carbocycles. The van der Waals surface area contributed by atoms with Crippen LogP contribution in [0.3, 0.4) is 0 Å². The zero-order valence-electron chi connectivity index (χ0n) is 11.4. The first-order valence-corrected chi connectivity index (χ1v) is 6.58. The zero-order chi connectivity index (χ0) is 13.0. The quantitative estimate of drug-likeness (QED) is 0.875. The lowest BCUT2D eigenvalue weighted by atomic mass is 10.0. The molecule has 0 spiro atoms. The number of nitrogens with one attached hydrogen (secondary N) is 1. The molecule has 0 amide bonds. The monoisotopic (exact) mass is 243 g/mol. The molecule has 96 valence electrons. The minimum Gasteiger partial charge on any atom is -0.313 e. The van der Waals surface area contributed by atoms with Gasteiger partial charge in [0.15, 0.2) is 0 Å². The highest BCUT2D eigenvalue weighted by Crippen LogP contribution is 2.22. The molecule has 18 heavy (non-hydrogen) atoms. The molecule has 3 heteroatoms. The van der Waals surface area contributed by atoms with Crippen LogP contribution in [0, 0.1) is 6.92 Å². The first-order chi connectivity index (χ1) is 8.74. The lowest BCUT2D eigenvalue weighted by Gasteiger charge is -2.04. The van der Waals surface area contributed by atoms with Crippen LogP contribution in [0.15, 0.2) is 30.5 Å². The van der Waals surface area contributed by atoms with Gasteiger partial charge in [-0.15, -0.1) is 0 Å². The van der Waals surface area contributed by atoms with Crippen LogP contribution in [0.25, 0.3) is 11.1 Å². The van der Waals surface area contributed by atoms with Crippen LogP contribution in [-0.4, -0.2) is 16.3 Å². The van der Waals surface area contributed by atoms with Crippen molar-refractivity contribution in [1.29, 1.82) is 0 Å². The van der Waals surface area contributed by atoms with Crippen molar-refractivity contribution in [2.24, 2.45) is 0 Å². The summed E-state index contributed by atoms with van der Waals surface area (Å²) in [6.07, 6.45) is 2.12. The second-order valence-corrected chi connectivity index (χ2v) is 4.46. The fourth-order valence-corrected chi connectivity index (χ4v) is 2.03. The van der Waals surface area contributed by atoms with E-state index in [-0.39, 0.29) is 0 Å². The van der Waals surface area contributed by atoms with E-state index >= 15 is 0 Å². The lowest BCUT2D eigenvalue weighted by Crippen LogP contribution is -2.11. The standard InChI is InChI=1S/C15H21N3/c1-4-16-10-13-6-8-14(9-7-13)15-11-18(5-2)17-12(15)3/h6-9,11,16H,4-5,10H2,1-3H3. The normalized spacial score (nSPS) is 10.8. The smallest absolute Gasteiger partial charge is 0.0672 e. The first kappa shape index (κ1) is 12.8. The molecule has 2 rings (SSSR count). The van der Waals surface area contributed by atoms with Gasteiger partial charge in [-0.05, 0) is 31.5 Å². The van der Waals surface area contributed by atoms with Gasteiger partial charge in [0.05, 0.1) is 5.69 Å². The van der Waals surface area contributed by atoms with Crippen molar-refractivity contribution in [3.8, 4) is 11.1 Å². The predicted molar refractivity (Wildman–Crippen MR) is 75.5 cm³/mol. The summed E-state index contributed by atoms with van der Waals surface area (Å²) >= 11 is 0. The van der Waals surface area contributed by atoms with Crippen LogP contribution >= 0.6 is 0 Å². The molecular weight excluding hydrogens is 222 g/mol. The maximum Gasteiger partial charge on any atom is 0.0672 e. The Morgan fingerprint density at radius 1 is 1.17 bits per heavy atom. The van der Waals surface area contributed by atoms with Crippen molar-refractivity contribution in [2.45, 2.75) is 33.9 Å². The molecule has 0 aliphatic carbocycles. The third-order valence-electron chi connectivity index (χ3n) is 3.11. The minimum atomic E-state index is 0.916. The predicted octanol–water partition coefficient (Wildman–Crippen LogP) is 2.99. The average molecular weight is 243 g/mol. The third kappa shape index (κ3) is 2.79. The van der Waals surface area contributed by atoms with Crippen LogP contribution < -0.4 is 5.32 Å². The molecule has 2 aromatic rings. The highest BCUT2D eigenvalue weighted by Gasteiger charge is 2.06. The second-order valence-electron chi connectivity index (χ2n) is 4.46. The highest BCUT2D eigenvalue weighted by molar-refractivity contribution is 5.65. The topological polar surface area (TPSA) is 29.9 Å². The number of hydrogen-bond donors (Lipinski definition) is 1. The van der Waals surface area contributed by atoms with Gasteiger partial charge in [-0.1, -0.05) is 31.2 Å². The number of aromatic nitrogens is 2. The summed E-state index contributed by atoms with van der Waals surface area (Å²) in [7, 11) is 0. The van der Waals surface area contributed by atoms with Crippen molar-refractivity contribution in [2.75, 3.05) is 6.54 Å². The van der Waals surface area contributed by atoms with E-state index in [0.29, 0.717) is 0 Å². The molecule has 0 fully saturated rings. The summed E-state index contributed by atoms with van der Waals surface area (Å²) < 4.78 is 1.98. The molecule has 0 aliphatic heterocycles. The Kier molecular flexibility index (Phi) is 4.15. The molecule has 1 heterocycles. The van der Waals surface area contributed by atoms with Crippen LogP contribution in [0.2, 0.25) is 0 Å². The van der Waals surface area contributed by atoms with Gasteiger partial charge in [0.2, 0.25) is 0 Å². The summed E-state index contributed by atoms with van der Waals surface area (Å²) in [5, 5.41) is 7.81. The van der Waals surface area contributed by atoms with Gasteiger partial charge < -0.3 is 5.32 Å². The Balaban J connectivity index is 2.20. The van der Waals surface area contributed by atoms with E-state index in [9.17, 15) is 0 Å². The van der Waals surface area contributed by atoms with Gasteiger partial charge in [-0.3, -0.25) is 4.68 Å². The SMILES string of the molecule is CCNCc1ccc(-c2cn(CC)nc2C)cc1. The Bertz CT molecular complexity index is 497. The number of aryl methyl sites for hydroxylation is 2. The summed E-state index contributed by atoms with van der Waals surface area (Å²) in [5.41, 5.74) is 4.89. The Morgan fingerprint density at radius 2 is 1.89 bits per heavy atom. The van der Waals surface area contributed by atoms with Crippen molar-refractivity contribution in [3.63, 3.8) is 0 Å². The maximum atomic E-state index is 4.48. The van der Waals surface area contributed by atoms with E-state index in [4.69, 9.17) is 0 Å². The molecule has 0 saturated carbocycles. The van der Waals surface area contributed by atoms with E-state index in [1.165, 1.54) is 16.7 Å². The third-order valence-corrected chi connectivity index (χ3v) is 3.11. The average Bonchev–Trinajstić information content (AvgIpc) is 2.78. The van der Waals surface area contributed by atoms with E-state index in [0.717, 1.165) is 25.3 Å². The highest BCUT2D eigenvalue weighted by atomic mass is 15.3. The zero-order valence-corrected chi connectivity index (χ0v) is 11.4. The maximum absolute atomic E-state index is 4.48. The van der Waals surface area contributed by atoms with Gasteiger partial charge in [0.1, 0.15) is 0 Å². The molecule has 0 bridgehead atoms. The van der Waals surface area contributed by atoms with Gasteiger partial charge in [-0.2, -0.15) is 5.10 Å². The van der Waals surface area contributed by atoms with E-state index in [2.05, 4.69) is 61.6 Å². The fraction of sp³-hybridized carbons (Fsp3) is 0.400. The molecule has 0 saturated heterocycles. The number of nitrogens with zero attached hydrogens (tertiary/aromatic N) is 2. The lowest BCUT2D eigenvalue weighted by molar-refractivity contribution is 0.653. The number of rotatable bonds is 5.